The standard InChI is InChI=1S/C21H16N2O3/c24-21-17-6-2-1-5-15(17)16-7-8-19-18(20(16)26-21)12-23(13-25-19)11-14-4-3-9-22-10-14/h1-10H,11-13H2. The Bertz CT molecular complexity index is 1170. The first-order valence-electron chi connectivity index (χ1n) is 8.51. The van der Waals surface area contributed by atoms with Gasteiger partial charge in [-0.2, -0.15) is 0 Å². The van der Waals surface area contributed by atoms with Gasteiger partial charge in [0.2, 0.25) is 0 Å². The van der Waals surface area contributed by atoms with Crippen molar-refractivity contribution < 1.29 is 9.15 Å². The Kier molecular flexibility index (Phi) is 3.47. The molecule has 26 heavy (non-hydrogen) atoms. The highest BCUT2D eigenvalue weighted by molar-refractivity contribution is 6.05. The molecule has 4 aromatic rings. The smallest absolute Gasteiger partial charge is 0.344 e. The van der Waals surface area contributed by atoms with Gasteiger partial charge in [-0.3, -0.25) is 9.88 Å². The summed E-state index contributed by atoms with van der Waals surface area (Å²) < 4.78 is 11.6. The summed E-state index contributed by atoms with van der Waals surface area (Å²) in [4.78, 5) is 18.7. The predicted octanol–water partition coefficient (Wildman–Crippen LogP) is 3.69. The molecule has 1 aliphatic rings. The molecule has 128 valence electrons. The minimum absolute atomic E-state index is 0.314. The van der Waals surface area contributed by atoms with E-state index in [2.05, 4.69) is 9.88 Å². The highest BCUT2D eigenvalue weighted by Crippen LogP contribution is 2.34. The third-order valence-corrected chi connectivity index (χ3v) is 4.76. The Morgan fingerprint density at radius 3 is 2.73 bits per heavy atom. The molecule has 1 aliphatic heterocycles. The molecule has 0 radical (unpaired) electrons. The van der Waals surface area contributed by atoms with Gasteiger partial charge in [-0.1, -0.05) is 24.3 Å². The summed E-state index contributed by atoms with van der Waals surface area (Å²) in [6.45, 7) is 1.87. The van der Waals surface area contributed by atoms with Crippen LogP contribution >= 0.6 is 0 Å². The quantitative estimate of drug-likeness (QED) is 0.410. The van der Waals surface area contributed by atoms with Crippen molar-refractivity contribution in [1.29, 1.82) is 0 Å². The number of nitrogens with zero attached hydrogens (tertiary/aromatic N) is 2. The maximum absolute atomic E-state index is 12.4. The van der Waals surface area contributed by atoms with Crippen LogP contribution < -0.4 is 10.4 Å². The zero-order chi connectivity index (χ0) is 17.5. The van der Waals surface area contributed by atoms with Crippen LogP contribution in [0.2, 0.25) is 0 Å². The highest BCUT2D eigenvalue weighted by atomic mass is 16.5. The number of fused-ring (bicyclic) bond motifs is 5. The molecule has 0 atom stereocenters. The first-order chi connectivity index (χ1) is 12.8. The molecule has 5 rings (SSSR count). The maximum atomic E-state index is 12.4. The molecular formula is C21H16N2O3. The Morgan fingerprint density at radius 1 is 1.00 bits per heavy atom. The van der Waals surface area contributed by atoms with E-state index in [4.69, 9.17) is 9.15 Å². The molecule has 0 N–H and O–H groups in total. The number of benzene rings is 2. The van der Waals surface area contributed by atoms with Crippen molar-refractivity contribution in [3.8, 4) is 5.75 Å². The van der Waals surface area contributed by atoms with Gasteiger partial charge < -0.3 is 9.15 Å². The summed E-state index contributed by atoms with van der Waals surface area (Å²) in [6, 6.07) is 15.4. The number of pyridine rings is 1. The summed E-state index contributed by atoms with van der Waals surface area (Å²) >= 11 is 0. The van der Waals surface area contributed by atoms with E-state index in [1.165, 1.54) is 0 Å². The second kappa shape index (κ2) is 5.97. The van der Waals surface area contributed by atoms with Crippen LogP contribution in [0.25, 0.3) is 21.7 Å². The number of aromatic nitrogens is 1. The second-order valence-electron chi connectivity index (χ2n) is 6.48. The van der Waals surface area contributed by atoms with Gasteiger partial charge in [-0.15, -0.1) is 0 Å². The second-order valence-corrected chi connectivity index (χ2v) is 6.48. The molecule has 5 nitrogen and oxygen atoms in total. The van der Waals surface area contributed by atoms with Gasteiger partial charge in [-0.25, -0.2) is 4.79 Å². The van der Waals surface area contributed by atoms with Crippen molar-refractivity contribution in [2.45, 2.75) is 13.1 Å². The van der Waals surface area contributed by atoms with E-state index >= 15 is 0 Å². The predicted molar refractivity (Wildman–Crippen MR) is 99.0 cm³/mol. The molecule has 0 bridgehead atoms. The van der Waals surface area contributed by atoms with E-state index in [-0.39, 0.29) is 5.63 Å². The van der Waals surface area contributed by atoms with E-state index in [0.717, 1.165) is 34.2 Å². The average Bonchev–Trinajstić information content (AvgIpc) is 2.69. The molecule has 2 aromatic carbocycles. The molecule has 0 spiro atoms. The van der Waals surface area contributed by atoms with Crippen molar-refractivity contribution in [1.82, 2.24) is 9.88 Å². The van der Waals surface area contributed by atoms with Crippen LogP contribution in [0.4, 0.5) is 0 Å². The van der Waals surface area contributed by atoms with Crippen LogP contribution in [0.15, 0.2) is 70.1 Å². The van der Waals surface area contributed by atoms with E-state index in [9.17, 15) is 4.79 Å². The lowest BCUT2D eigenvalue weighted by atomic mass is 10.0. The van der Waals surface area contributed by atoms with Gasteiger partial charge in [0.1, 0.15) is 18.1 Å². The van der Waals surface area contributed by atoms with Crippen LogP contribution in [-0.2, 0) is 13.1 Å². The lowest BCUT2D eigenvalue weighted by Gasteiger charge is -2.29. The Hall–Kier alpha value is -3.18. The number of ether oxygens (including phenoxy) is 1. The summed E-state index contributed by atoms with van der Waals surface area (Å²) in [5.41, 5.74) is 2.33. The minimum atomic E-state index is -0.314. The highest BCUT2D eigenvalue weighted by Gasteiger charge is 2.22. The van der Waals surface area contributed by atoms with E-state index in [1.807, 2.05) is 48.7 Å². The molecular weight excluding hydrogens is 328 g/mol. The van der Waals surface area contributed by atoms with Crippen LogP contribution in [0, 0.1) is 0 Å². The monoisotopic (exact) mass is 344 g/mol. The third-order valence-electron chi connectivity index (χ3n) is 4.76. The zero-order valence-electron chi connectivity index (χ0n) is 14.0. The molecule has 0 saturated heterocycles. The van der Waals surface area contributed by atoms with Gasteiger partial charge in [0.25, 0.3) is 0 Å². The summed E-state index contributed by atoms with van der Waals surface area (Å²) in [5, 5.41) is 2.45. The number of hydrogen-bond acceptors (Lipinski definition) is 5. The Balaban J connectivity index is 1.62. The van der Waals surface area contributed by atoms with E-state index in [1.54, 1.807) is 12.3 Å². The lowest BCUT2D eigenvalue weighted by Crippen LogP contribution is -2.31. The average molecular weight is 344 g/mol. The number of rotatable bonds is 2. The largest absolute Gasteiger partial charge is 0.478 e. The van der Waals surface area contributed by atoms with Crippen LogP contribution in [0.5, 0.6) is 5.75 Å². The fraction of sp³-hybridized carbons (Fsp3) is 0.143. The molecule has 0 unspecified atom stereocenters. The molecule has 0 fully saturated rings. The molecule has 0 saturated carbocycles. The van der Waals surface area contributed by atoms with Crippen molar-refractivity contribution in [2.75, 3.05) is 6.73 Å². The van der Waals surface area contributed by atoms with Crippen molar-refractivity contribution >= 4 is 21.7 Å². The van der Waals surface area contributed by atoms with Crippen molar-refractivity contribution in [2.24, 2.45) is 0 Å². The summed E-state index contributed by atoms with van der Waals surface area (Å²) in [7, 11) is 0. The molecule has 0 aliphatic carbocycles. The third kappa shape index (κ3) is 2.45. The molecule has 2 aromatic heterocycles. The first-order valence-corrected chi connectivity index (χ1v) is 8.51. The van der Waals surface area contributed by atoms with Crippen molar-refractivity contribution in [3.63, 3.8) is 0 Å². The van der Waals surface area contributed by atoms with Gasteiger partial charge in [0.05, 0.1) is 10.9 Å². The van der Waals surface area contributed by atoms with Crippen molar-refractivity contribution in [3.05, 3.63) is 82.5 Å². The van der Waals surface area contributed by atoms with Crippen LogP contribution in [-0.4, -0.2) is 16.6 Å². The Morgan fingerprint density at radius 2 is 1.88 bits per heavy atom. The molecule has 0 amide bonds. The zero-order valence-corrected chi connectivity index (χ0v) is 14.0. The fourth-order valence-electron chi connectivity index (χ4n) is 3.55. The van der Waals surface area contributed by atoms with Gasteiger partial charge in [0, 0.05) is 30.9 Å². The summed E-state index contributed by atoms with van der Waals surface area (Å²) in [6.07, 6.45) is 3.62. The van der Waals surface area contributed by atoms with E-state index in [0.29, 0.717) is 24.2 Å². The van der Waals surface area contributed by atoms with E-state index < -0.39 is 0 Å². The lowest BCUT2D eigenvalue weighted by molar-refractivity contribution is 0.0889. The van der Waals surface area contributed by atoms with Gasteiger partial charge in [-0.05, 0) is 35.2 Å². The molecule has 3 heterocycles. The Labute approximate surface area is 149 Å². The maximum Gasteiger partial charge on any atom is 0.344 e. The normalized spacial score (nSPS) is 14.3. The van der Waals surface area contributed by atoms with Gasteiger partial charge in [0.15, 0.2) is 0 Å². The molecule has 5 heteroatoms. The topological polar surface area (TPSA) is 55.6 Å². The summed E-state index contributed by atoms with van der Waals surface area (Å²) in [5.74, 6) is 0.776. The number of hydrogen-bond donors (Lipinski definition) is 0. The van der Waals surface area contributed by atoms with Crippen LogP contribution in [0.3, 0.4) is 0 Å². The fourth-order valence-corrected chi connectivity index (χ4v) is 3.55. The van der Waals surface area contributed by atoms with Gasteiger partial charge >= 0.3 is 5.63 Å². The first kappa shape index (κ1) is 15.1. The van der Waals surface area contributed by atoms with Crippen LogP contribution in [0.1, 0.15) is 11.1 Å². The SMILES string of the molecule is O=c1oc2c3c(ccc2c2ccccc12)OCN(Cc1cccnc1)C3. The minimum Gasteiger partial charge on any atom is -0.478 e.